The summed E-state index contributed by atoms with van der Waals surface area (Å²) in [6.45, 7) is 6.07. The summed E-state index contributed by atoms with van der Waals surface area (Å²) in [6, 6.07) is 0. The normalized spacial score (nSPS) is 20.4. The molecule has 4 N–H and O–H groups in total. The van der Waals surface area contributed by atoms with Crippen LogP contribution >= 0.6 is 0 Å². The lowest BCUT2D eigenvalue weighted by atomic mass is 9.90. The van der Waals surface area contributed by atoms with Gasteiger partial charge in [-0.05, 0) is 24.7 Å². The van der Waals surface area contributed by atoms with Crippen LogP contribution < -0.4 is 10.5 Å². The maximum absolute atomic E-state index is 12.3. The molecule has 20 heavy (non-hydrogen) atoms. The second-order valence-electron chi connectivity index (χ2n) is 7.14. The lowest BCUT2D eigenvalue weighted by Crippen LogP contribution is -2.57. The number of sulfonamides is 1. The van der Waals surface area contributed by atoms with E-state index in [0.717, 1.165) is 25.7 Å². The van der Waals surface area contributed by atoms with Crippen LogP contribution in [0.4, 0.5) is 0 Å². The Hall–Kier alpha value is -0.620. The van der Waals surface area contributed by atoms with E-state index >= 15 is 0 Å². The molecular formula is C14H29N3O2S. The number of hydrogen-bond acceptors (Lipinski definition) is 3. The van der Waals surface area contributed by atoms with Gasteiger partial charge in [-0.15, -0.1) is 0 Å². The minimum atomic E-state index is -3.40. The van der Waals surface area contributed by atoms with Gasteiger partial charge in [0.1, 0.15) is 5.84 Å². The summed E-state index contributed by atoms with van der Waals surface area (Å²) >= 11 is 0. The molecule has 0 saturated heterocycles. The van der Waals surface area contributed by atoms with Gasteiger partial charge < -0.3 is 5.73 Å². The number of nitrogens with one attached hydrogen (secondary N) is 2. The van der Waals surface area contributed by atoms with Crippen LogP contribution in [-0.4, -0.2) is 25.5 Å². The van der Waals surface area contributed by atoms with E-state index in [1.807, 2.05) is 20.8 Å². The zero-order chi connectivity index (χ0) is 15.4. The van der Waals surface area contributed by atoms with Gasteiger partial charge in [-0.1, -0.05) is 46.5 Å². The molecule has 1 aliphatic rings. The standard InChI is InChI=1S/C14H29N3O2S/c1-13(2,3)10-11-20(18,19)17-14(12(15)16)8-6-4-5-7-9-14/h17H,4-11H2,1-3H3,(H3,15,16). The van der Waals surface area contributed by atoms with E-state index in [1.165, 1.54) is 0 Å². The second-order valence-corrected chi connectivity index (χ2v) is 8.98. The van der Waals surface area contributed by atoms with Crippen LogP contribution in [0.5, 0.6) is 0 Å². The molecule has 0 bridgehead atoms. The largest absolute Gasteiger partial charge is 0.386 e. The molecular weight excluding hydrogens is 274 g/mol. The van der Waals surface area contributed by atoms with Crippen molar-refractivity contribution in [2.45, 2.75) is 71.3 Å². The van der Waals surface area contributed by atoms with Crippen LogP contribution in [0.15, 0.2) is 0 Å². The molecule has 0 spiro atoms. The number of amidine groups is 1. The lowest BCUT2D eigenvalue weighted by molar-refractivity contribution is 0.391. The van der Waals surface area contributed by atoms with Crippen LogP contribution in [0.1, 0.15) is 65.7 Å². The Labute approximate surface area is 123 Å². The topological polar surface area (TPSA) is 96.0 Å². The quantitative estimate of drug-likeness (QED) is 0.413. The molecule has 6 heteroatoms. The lowest BCUT2D eigenvalue weighted by Gasteiger charge is -2.32. The summed E-state index contributed by atoms with van der Waals surface area (Å²) < 4.78 is 27.4. The summed E-state index contributed by atoms with van der Waals surface area (Å²) in [5.74, 6) is 0.0460. The molecule has 1 saturated carbocycles. The van der Waals surface area contributed by atoms with Crippen LogP contribution in [0.2, 0.25) is 0 Å². The van der Waals surface area contributed by atoms with Crippen LogP contribution in [0.25, 0.3) is 0 Å². The molecule has 0 heterocycles. The second kappa shape index (κ2) is 6.43. The van der Waals surface area contributed by atoms with Gasteiger partial charge >= 0.3 is 0 Å². The molecule has 1 aliphatic carbocycles. The maximum Gasteiger partial charge on any atom is 0.212 e. The van der Waals surface area contributed by atoms with Gasteiger partial charge in [-0.2, -0.15) is 0 Å². The zero-order valence-electron chi connectivity index (χ0n) is 13.0. The summed E-state index contributed by atoms with van der Waals surface area (Å²) in [7, 11) is -3.40. The predicted molar refractivity (Wildman–Crippen MR) is 83.3 cm³/mol. The van der Waals surface area contributed by atoms with Crippen LogP contribution in [-0.2, 0) is 10.0 Å². The fourth-order valence-corrected chi connectivity index (χ4v) is 4.44. The first-order valence-corrected chi connectivity index (χ1v) is 9.08. The average molecular weight is 303 g/mol. The molecule has 1 fully saturated rings. The van der Waals surface area contributed by atoms with Crippen molar-refractivity contribution in [3.63, 3.8) is 0 Å². The molecule has 5 nitrogen and oxygen atoms in total. The third kappa shape index (κ3) is 5.40. The molecule has 0 aromatic heterocycles. The molecule has 0 aromatic carbocycles. The Kier molecular flexibility index (Phi) is 5.61. The highest BCUT2D eigenvalue weighted by Crippen LogP contribution is 2.28. The molecule has 0 radical (unpaired) electrons. The minimum absolute atomic E-state index is 0.0262. The summed E-state index contributed by atoms with van der Waals surface area (Å²) in [5.41, 5.74) is 4.84. The number of nitrogens with two attached hydrogens (primary N) is 1. The first kappa shape index (κ1) is 17.4. The van der Waals surface area contributed by atoms with E-state index in [4.69, 9.17) is 11.1 Å². The molecule has 0 atom stereocenters. The molecule has 118 valence electrons. The zero-order valence-corrected chi connectivity index (χ0v) is 13.8. The van der Waals surface area contributed by atoms with Gasteiger partial charge in [0.15, 0.2) is 0 Å². The van der Waals surface area contributed by atoms with Crippen molar-refractivity contribution in [2.75, 3.05) is 5.75 Å². The van der Waals surface area contributed by atoms with Crippen molar-refractivity contribution in [1.82, 2.24) is 4.72 Å². The van der Waals surface area contributed by atoms with E-state index in [2.05, 4.69) is 4.72 Å². The summed E-state index contributed by atoms with van der Waals surface area (Å²) in [4.78, 5) is 0. The van der Waals surface area contributed by atoms with Crippen molar-refractivity contribution in [2.24, 2.45) is 11.1 Å². The smallest absolute Gasteiger partial charge is 0.212 e. The fraction of sp³-hybridized carbons (Fsp3) is 0.929. The Morgan fingerprint density at radius 1 is 1.20 bits per heavy atom. The van der Waals surface area contributed by atoms with E-state index in [1.54, 1.807) is 0 Å². The molecule has 0 amide bonds. The maximum atomic E-state index is 12.3. The van der Waals surface area contributed by atoms with E-state index in [-0.39, 0.29) is 17.0 Å². The SMILES string of the molecule is CC(C)(C)CCS(=O)(=O)NC1(C(=N)N)CCCCCC1. The van der Waals surface area contributed by atoms with Crippen molar-refractivity contribution < 1.29 is 8.42 Å². The highest BCUT2D eigenvalue weighted by atomic mass is 32.2. The highest BCUT2D eigenvalue weighted by molar-refractivity contribution is 7.89. The number of rotatable bonds is 5. The van der Waals surface area contributed by atoms with Crippen molar-refractivity contribution in [1.29, 1.82) is 5.41 Å². The Balaban J connectivity index is 2.81. The summed E-state index contributed by atoms with van der Waals surface area (Å²) in [5, 5.41) is 7.82. The van der Waals surface area contributed by atoms with Gasteiger partial charge in [-0.3, -0.25) is 5.41 Å². The van der Waals surface area contributed by atoms with E-state index in [0.29, 0.717) is 19.3 Å². The van der Waals surface area contributed by atoms with Crippen molar-refractivity contribution in [3.05, 3.63) is 0 Å². The monoisotopic (exact) mass is 303 g/mol. The average Bonchev–Trinajstić information content (AvgIpc) is 2.52. The highest BCUT2D eigenvalue weighted by Gasteiger charge is 2.38. The molecule has 0 aliphatic heterocycles. The van der Waals surface area contributed by atoms with Gasteiger partial charge in [0, 0.05) is 0 Å². The molecule has 1 rings (SSSR count). The fourth-order valence-electron chi connectivity index (χ4n) is 2.55. The molecule has 0 unspecified atom stereocenters. The van der Waals surface area contributed by atoms with Crippen molar-refractivity contribution in [3.8, 4) is 0 Å². The third-order valence-electron chi connectivity index (χ3n) is 3.94. The van der Waals surface area contributed by atoms with E-state index < -0.39 is 15.6 Å². The Morgan fingerprint density at radius 2 is 1.70 bits per heavy atom. The third-order valence-corrected chi connectivity index (χ3v) is 5.39. The van der Waals surface area contributed by atoms with Gasteiger partial charge in [0.25, 0.3) is 0 Å². The van der Waals surface area contributed by atoms with Gasteiger partial charge in [-0.25, -0.2) is 13.1 Å². The van der Waals surface area contributed by atoms with E-state index in [9.17, 15) is 8.42 Å². The predicted octanol–water partition coefficient (Wildman–Crippen LogP) is 2.37. The van der Waals surface area contributed by atoms with Crippen LogP contribution in [0, 0.1) is 10.8 Å². The van der Waals surface area contributed by atoms with Crippen molar-refractivity contribution >= 4 is 15.9 Å². The summed E-state index contributed by atoms with van der Waals surface area (Å²) in [6.07, 6.45) is 5.87. The van der Waals surface area contributed by atoms with Crippen LogP contribution in [0.3, 0.4) is 0 Å². The molecule has 0 aromatic rings. The first-order chi connectivity index (χ1) is 9.06. The Morgan fingerprint density at radius 3 is 2.10 bits per heavy atom. The number of hydrogen-bond donors (Lipinski definition) is 3. The Bertz CT molecular complexity index is 430. The first-order valence-electron chi connectivity index (χ1n) is 7.43. The van der Waals surface area contributed by atoms with Gasteiger partial charge in [0.2, 0.25) is 10.0 Å². The van der Waals surface area contributed by atoms with Gasteiger partial charge in [0.05, 0.1) is 11.3 Å². The minimum Gasteiger partial charge on any atom is -0.386 e.